The molecule has 0 aliphatic heterocycles. The molecular weight excluding hydrogens is 504 g/mol. The molecule has 12 heteroatoms. The van der Waals surface area contributed by atoms with Gasteiger partial charge in [-0.05, 0) is 61.8 Å². The predicted molar refractivity (Wildman–Crippen MR) is 142 cm³/mol. The zero-order chi connectivity index (χ0) is 26.2. The second kappa shape index (κ2) is 8.55. The third kappa shape index (κ3) is 4.05. The average molecular weight is 537 g/mol. The Kier molecular flexibility index (Phi) is 5.33. The first-order valence-electron chi connectivity index (χ1n) is 13.4. The first-order chi connectivity index (χ1) is 18.3. The summed E-state index contributed by atoms with van der Waals surface area (Å²) in [6.07, 6.45) is 8.51. The number of aromatic nitrogens is 5. The molecule has 1 spiro atoms. The molecular formula is C26H32N8O3S. The summed E-state index contributed by atoms with van der Waals surface area (Å²) < 4.78 is 8.96. The van der Waals surface area contributed by atoms with Gasteiger partial charge in [0.15, 0.2) is 0 Å². The van der Waals surface area contributed by atoms with Gasteiger partial charge >= 0.3 is 0 Å². The van der Waals surface area contributed by atoms with Crippen molar-refractivity contribution in [2.24, 2.45) is 24.3 Å². The van der Waals surface area contributed by atoms with Crippen LogP contribution >= 0.6 is 11.3 Å². The number of amides is 2. The summed E-state index contributed by atoms with van der Waals surface area (Å²) in [6.45, 7) is 2.09. The molecule has 3 N–H and O–H groups in total. The lowest BCUT2D eigenvalue weighted by molar-refractivity contribution is -0.117. The first-order valence-corrected chi connectivity index (χ1v) is 14.2. The molecule has 11 nitrogen and oxygen atoms in total. The van der Waals surface area contributed by atoms with Gasteiger partial charge in [0.2, 0.25) is 17.7 Å². The maximum absolute atomic E-state index is 13.6. The number of rotatable bonds is 8. The maximum atomic E-state index is 13.6. The van der Waals surface area contributed by atoms with E-state index in [0.29, 0.717) is 40.1 Å². The van der Waals surface area contributed by atoms with Crippen LogP contribution in [0.3, 0.4) is 0 Å². The van der Waals surface area contributed by atoms with Gasteiger partial charge in [0.1, 0.15) is 17.1 Å². The Balaban J connectivity index is 1.16. The third-order valence-corrected chi connectivity index (χ3v) is 10.0. The Bertz CT molecular complexity index is 1440. The number of aryl methyl sites for hydroxylation is 2. The number of hydrogen-bond donors (Lipinski definition) is 3. The molecule has 3 fully saturated rings. The molecule has 200 valence electrons. The van der Waals surface area contributed by atoms with Crippen molar-refractivity contribution in [2.45, 2.75) is 64.0 Å². The van der Waals surface area contributed by atoms with Crippen LogP contribution in [0.4, 0.5) is 16.8 Å². The van der Waals surface area contributed by atoms with Gasteiger partial charge in [-0.2, -0.15) is 0 Å². The molecule has 3 heterocycles. The van der Waals surface area contributed by atoms with Crippen LogP contribution < -0.4 is 20.7 Å². The summed E-state index contributed by atoms with van der Waals surface area (Å²) in [7, 11) is 3.41. The van der Waals surface area contributed by atoms with Crippen LogP contribution in [0.25, 0.3) is 0 Å². The highest BCUT2D eigenvalue weighted by Crippen LogP contribution is 2.66. The summed E-state index contributed by atoms with van der Waals surface area (Å²) in [6, 6.07) is 2.14. The molecule has 0 radical (unpaired) electrons. The number of hydrogen-bond acceptors (Lipinski definition) is 8. The number of carbonyl (C=O) groups excluding carboxylic acids is 2. The highest BCUT2D eigenvalue weighted by atomic mass is 32.1. The second-order valence-electron chi connectivity index (χ2n) is 11.4. The number of nitrogens with one attached hydrogen (secondary N) is 3. The monoisotopic (exact) mass is 536 g/mol. The van der Waals surface area contributed by atoms with E-state index in [1.54, 1.807) is 35.5 Å². The third-order valence-electron chi connectivity index (χ3n) is 8.81. The molecule has 4 aliphatic carbocycles. The van der Waals surface area contributed by atoms with E-state index in [1.807, 2.05) is 11.6 Å². The first kappa shape index (κ1) is 23.7. The second-order valence-corrected chi connectivity index (χ2v) is 12.5. The minimum absolute atomic E-state index is 0.0312. The lowest BCUT2D eigenvalue weighted by Gasteiger charge is -2.25. The van der Waals surface area contributed by atoms with Gasteiger partial charge < -0.3 is 20.7 Å². The normalized spacial score (nSPS) is 26.0. The summed E-state index contributed by atoms with van der Waals surface area (Å²) >= 11 is 1.57. The number of carbonyl (C=O) groups is 2. The zero-order valence-electron chi connectivity index (χ0n) is 21.8. The molecule has 3 saturated carbocycles. The summed E-state index contributed by atoms with van der Waals surface area (Å²) in [4.78, 5) is 27.7. The molecule has 0 unspecified atom stereocenters. The molecule has 0 saturated heterocycles. The van der Waals surface area contributed by atoms with Crippen molar-refractivity contribution in [3.63, 3.8) is 0 Å². The number of anilines is 3. The standard InChI is InChI=1S/C26H32N8O3S/c1-13-8-15(13)22(35)30-24-21(23(36)28-18-11-26(18)6-7-26)16-9-14(4-5-17(16)38-24)34-12-27-31-25(34)29-19-10-20(37-3)32-33(19)2/h10,12-15,18H,4-9,11H2,1-3H3,(H,28,36)(H,29,31)(H,30,35)/t13-,14-,15-,18+/m0/s1. The lowest BCUT2D eigenvalue weighted by atomic mass is 9.91. The van der Waals surface area contributed by atoms with E-state index < -0.39 is 0 Å². The van der Waals surface area contributed by atoms with Crippen molar-refractivity contribution >= 4 is 39.9 Å². The van der Waals surface area contributed by atoms with Crippen molar-refractivity contribution in [1.82, 2.24) is 29.9 Å². The minimum atomic E-state index is -0.0554. The molecule has 7 rings (SSSR count). The molecule has 38 heavy (non-hydrogen) atoms. The van der Waals surface area contributed by atoms with Gasteiger partial charge in [-0.1, -0.05) is 6.92 Å². The largest absolute Gasteiger partial charge is 0.480 e. The molecule has 3 aromatic heterocycles. The van der Waals surface area contributed by atoms with Crippen molar-refractivity contribution in [2.75, 3.05) is 17.7 Å². The van der Waals surface area contributed by atoms with Gasteiger partial charge in [0.25, 0.3) is 5.91 Å². The Morgan fingerprint density at radius 3 is 2.79 bits per heavy atom. The van der Waals surface area contributed by atoms with Crippen LogP contribution in [0.15, 0.2) is 12.4 Å². The Morgan fingerprint density at radius 2 is 2.11 bits per heavy atom. The molecule has 3 aromatic rings. The van der Waals surface area contributed by atoms with E-state index in [0.717, 1.165) is 37.1 Å². The number of ether oxygens (including phenoxy) is 1. The summed E-state index contributed by atoms with van der Waals surface area (Å²) in [5.74, 6) is 2.29. The number of nitrogens with zero attached hydrogens (tertiary/aromatic N) is 5. The number of fused-ring (bicyclic) bond motifs is 1. The highest BCUT2D eigenvalue weighted by Gasteiger charge is 2.63. The number of thiophene rings is 1. The Morgan fingerprint density at radius 1 is 1.29 bits per heavy atom. The van der Waals surface area contributed by atoms with Crippen molar-refractivity contribution in [3.05, 3.63) is 28.4 Å². The lowest BCUT2D eigenvalue weighted by Crippen LogP contribution is -2.30. The minimum Gasteiger partial charge on any atom is -0.480 e. The van der Waals surface area contributed by atoms with Crippen LogP contribution in [0.2, 0.25) is 0 Å². The smallest absolute Gasteiger partial charge is 0.254 e. The van der Waals surface area contributed by atoms with Gasteiger partial charge in [-0.3, -0.25) is 14.2 Å². The topological polar surface area (TPSA) is 128 Å². The van der Waals surface area contributed by atoms with E-state index in [4.69, 9.17) is 4.74 Å². The van der Waals surface area contributed by atoms with Crippen LogP contribution in [-0.4, -0.2) is 49.5 Å². The molecule has 2 amide bonds. The fourth-order valence-corrected chi connectivity index (χ4v) is 7.13. The van der Waals surface area contributed by atoms with E-state index in [-0.39, 0.29) is 29.8 Å². The van der Waals surface area contributed by atoms with Crippen molar-refractivity contribution < 1.29 is 14.3 Å². The highest BCUT2D eigenvalue weighted by molar-refractivity contribution is 7.17. The summed E-state index contributed by atoms with van der Waals surface area (Å²) in [5.41, 5.74) is 2.05. The van der Waals surface area contributed by atoms with Gasteiger partial charge in [0, 0.05) is 36.0 Å². The number of methoxy groups -OCH3 is 1. The fraction of sp³-hybridized carbons (Fsp3) is 0.577. The Hall–Kier alpha value is -3.41. The average Bonchev–Trinajstić information content (AvgIpc) is 3.82. The zero-order valence-corrected chi connectivity index (χ0v) is 22.6. The predicted octanol–water partition coefficient (Wildman–Crippen LogP) is 3.43. The van der Waals surface area contributed by atoms with E-state index >= 15 is 0 Å². The maximum Gasteiger partial charge on any atom is 0.254 e. The van der Waals surface area contributed by atoms with E-state index in [2.05, 4.69) is 38.2 Å². The van der Waals surface area contributed by atoms with Gasteiger partial charge in [-0.25, -0.2) is 4.68 Å². The molecule has 0 aromatic carbocycles. The van der Waals surface area contributed by atoms with Gasteiger partial charge in [0.05, 0.1) is 12.7 Å². The van der Waals surface area contributed by atoms with Crippen molar-refractivity contribution in [3.8, 4) is 5.88 Å². The molecule has 4 atom stereocenters. The van der Waals surface area contributed by atoms with Crippen LogP contribution in [-0.2, 0) is 24.7 Å². The Labute approximate surface area is 224 Å². The van der Waals surface area contributed by atoms with Crippen LogP contribution in [0.1, 0.15) is 65.9 Å². The fourth-order valence-electron chi connectivity index (χ4n) is 5.89. The van der Waals surface area contributed by atoms with Crippen LogP contribution in [0, 0.1) is 17.3 Å². The summed E-state index contributed by atoms with van der Waals surface area (Å²) in [5, 5.41) is 23.2. The SMILES string of the molecule is COc1cc(Nc2nncn2[C@H]2CCc3sc(NC(=O)[C@H]4C[C@@H]4C)c(C(=O)N[C@@H]4CC45CC5)c3C2)n(C)n1. The molecule has 0 bridgehead atoms. The molecule has 4 aliphatic rings. The van der Waals surface area contributed by atoms with Crippen molar-refractivity contribution in [1.29, 1.82) is 0 Å². The van der Waals surface area contributed by atoms with E-state index in [1.165, 1.54) is 17.7 Å². The quantitative estimate of drug-likeness (QED) is 0.402. The van der Waals surface area contributed by atoms with E-state index in [9.17, 15) is 9.59 Å². The van der Waals surface area contributed by atoms with Crippen LogP contribution in [0.5, 0.6) is 5.88 Å². The van der Waals surface area contributed by atoms with Gasteiger partial charge in [-0.15, -0.1) is 26.6 Å².